The summed E-state index contributed by atoms with van der Waals surface area (Å²) in [6.07, 6.45) is 0. The highest BCUT2D eigenvalue weighted by atomic mass is 35.7. The molecule has 0 aliphatic heterocycles. The SMILES string of the molecule is COc1ccc([SiH](Cl)Cl)cc1. The van der Waals surface area contributed by atoms with E-state index in [1.54, 1.807) is 7.11 Å². The van der Waals surface area contributed by atoms with E-state index >= 15 is 0 Å². The molecule has 1 aromatic carbocycles. The van der Waals surface area contributed by atoms with Crippen LogP contribution in [-0.2, 0) is 0 Å². The number of methoxy groups -OCH3 is 1. The molecule has 0 saturated heterocycles. The van der Waals surface area contributed by atoms with Gasteiger partial charge in [0, 0.05) is 0 Å². The molecule has 1 rings (SSSR count). The number of halogens is 2. The van der Waals surface area contributed by atoms with Crippen LogP contribution in [0.3, 0.4) is 0 Å². The minimum absolute atomic E-state index is 0.830. The Balaban J connectivity index is 2.83. The highest BCUT2D eigenvalue weighted by molar-refractivity contribution is 7.39. The molecule has 11 heavy (non-hydrogen) atoms. The fourth-order valence-corrected chi connectivity index (χ4v) is 2.11. The van der Waals surface area contributed by atoms with Gasteiger partial charge in [0.15, 0.2) is 0 Å². The Morgan fingerprint density at radius 2 is 1.73 bits per heavy atom. The molecule has 60 valence electrons. The second-order valence-corrected chi connectivity index (χ2v) is 6.63. The zero-order valence-electron chi connectivity index (χ0n) is 6.05. The van der Waals surface area contributed by atoms with E-state index in [4.69, 9.17) is 26.9 Å². The monoisotopic (exact) mass is 206 g/mol. The summed E-state index contributed by atoms with van der Waals surface area (Å²) in [7, 11) is -0.0413. The molecule has 0 unspecified atom stereocenters. The summed E-state index contributed by atoms with van der Waals surface area (Å²) in [5.41, 5.74) is 0. The predicted molar refractivity (Wildman–Crippen MR) is 51.5 cm³/mol. The Labute approximate surface area is 76.9 Å². The van der Waals surface area contributed by atoms with Gasteiger partial charge in [-0.15, -0.1) is 22.2 Å². The van der Waals surface area contributed by atoms with Crippen LogP contribution in [0.4, 0.5) is 0 Å². The van der Waals surface area contributed by atoms with Gasteiger partial charge < -0.3 is 4.74 Å². The number of hydrogen-bond acceptors (Lipinski definition) is 1. The van der Waals surface area contributed by atoms with Crippen molar-refractivity contribution in [2.45, 2.75) is 0 Å². The number of ether oxygens (including phenoxy) is 1. The average Bonchev–Trinajstić information content (AvgIpc) is 2.05. The first-order valence-corrected chi connectivity index (χ1v) is 7.23. The van der Waals surface area contributed by atoms with Gasteiger partial charge in [0.2, 0.25) is 0 Å². The van der Waals surface area contributed by atoms with Crippen molar-refractivity contribution in [2.75, 3.05) is 7.11 Å². The van der Waals surface area contributed by atoms with Gasteiger partial charge in [0.25, 0.3) is 7.42 Å². The lowest BCUT2D eigenvalue weighted by Gasteiger charge is -2.01. The molecule has 0 spiro atoms. The first-order valence-electron chi connectivity index (χ1n) is 3.16. The molecule has 0 amide bonds. The van der Waals surface area contributed by atoms with Crippen molar-refractivity contribution in [1.29, 1.82) is 0 Å². The van der Waals surface area contributed by atoms with E-state index in [1.165, 1.54) is 0 Å². The molecule has 1 aromatic rings. The molecule has 0 bridgehead atoms. The quantitative estimate of drug-likeness (QED) is 0.528. The van der Waals surface area contributed by atoms with Crippen LogP contribution in [0.15, 0.2) is 24.3 Å². The van der Waals surface area contributed by atoms with Gasteiger partial charge in [0.1, 0.15) is 5.75 Å². The van der Waals surface area contributed by atoms with Crippen molar-refractivity contribution in [3.05, 3.63) is 24.3 Å². The van der Waals surface area contributed by atoms with Crippen LogP contribution in [0.5, 0.6) is 5.75 Å². The molecular weight excluding hydrogens is 199 g/mol. The Morgan fingerprint density at radius 3 is 2.09 bits per heavy atom. The molecule has 0 radical (unpaired) electrons. The minimum Gasteiger partial charge on any atom is -0.497 e. The van der Waals surface area contributed by atoms with Crippen molar-refractivity contribution in [3.8, 4) is 5.75 Å². The summed E-state index contributed by atoms with van der Waals surface area (Å²) in [5, 5.41) is 1.02. The van der Waals surface area contributed by atoms with Gasteiger partial charge in [0.05, 0.1) is 7.11 Å². The minimum atomic E-state index is -1.67. The normalized spacial score (nSPS) is 10.2. The van der Waals surface area contributed by atoms with E-state index in [0.29, 0.717) is 0 Å². The van der Waals surface area contributed by atoms with Crippen LogP contribution in [0.2, 0.25) is 0 Å². The number of rotatable bonds is 2. The van der Waals surface area contributed by atoms with Crippen molar-refractivity contribution in [2.24, 2.45) is 0 Å². The zero-order chi connectivity index (χ0) is 8.27. The maximum absolute atomic E-state index is 5.76. The first kappa shape index (κ1) is 8.91. The van der Waals surface area contributed by atoms with E-state index in [9.17, 15) is 0 Å². The predicted octanol–water partition coefficient (Wildman–Crippen LogP) is 1.60. The topological polar surface area (TPSA) is 9.23 Å². The van der Waals surface area contributed by atoms with Gasteiger partial charge in [-0.1, -0.05) is 12.1 Å². The van der Waals surface area contributed by atoms with Crippen LogP contribution in [0, 0.1) is 0 Å². The molecule has 0 heterocycles. The molecule has 0 fully saturated rings. The Hall–Kier alpha value is -0.183. The molecule has 0 N–H and O–H groups in total. The Bertz CT molecular complexity index is 222. The fraction of sp³-hybridized carbons (Fsp3) is 0.143. The molecule has 4 heteroatoms. The number of benzene rings is 1. The van der Waals surface area contributed by atoms with Crippen LogP contribution in [-0.4, -0.2) is 14.5 Å². The van der Waals surface area contributed by atoms with Crippen LogP contribution in [0.1, 0.15) is 0 Å². The van der Waals surface area contributed by atoms with Gasteiger partial charge in [-0.25, -0.2) is 0 Å². The molecule has 0 aliphatic rings. The molecule has 0 aliphatic carbocycles. The third-order valence-electron chi connectivity index (χ3n) is 1.37. The van der Waals surface area contributed by atoms with Gasteiger partial charge in [-0.05, 0) is 17.3 Å². The highest BCUT2D eigenvalue weighted by Gasteiger charge is 2.04. The van der Waals surface area contributed by atoms with E-state index < -0.39 is 7.42 Å². The zero-order valence-corrected chi connectivity index (χ0v) is 8.72. The summed E-state index contributed by atoms with van der Waals surface area (Å²) in [6.45, 7) is 0. The summed E-state index contributed by atoms with van der Waals surface area (Å²) in [4.78, 5) is 0. The van der Waals surface area contributed by atoms with Crippen LogP contribution < -0.4 is 9.92 Å². The summed E-state index contributed by atoms with van der Waals surface area (Å²) in [5.74, 6) is 0.830. The van der Waals surface area contributed by atoms with Crippen molar-refractivity contribution in [1.82, 2.24) is 0 Å². The van der Waals surface area contributed by atoms with Gasteiger partial charge >= 0.3 is 0 Å². The van der Waals surface area contributed by atoms with E-state index in [-0.39, 0.29) is 0 Å². The van der Waals surface area contributed by atoms with E-state index in [1.807, 2.05) is 24.3 Å². The number of hydrogen-bond donors (Lipinski definition) is 0. The lowest BCUT2D eigenvalue weighted by molar-refractivity contribution is 0.415. The van der Waals surface area contributed by atoms with Crippen molar-refractivity contribution >= 4 is 34.8 Å². The van der Waals surface area contributed by atoms with Crippen molar-refractivity contribution in [3.63, 3.8) is 0 Å². The summed E-state index contributed by atoms with van der Waals surface area (Å²) >= 11 is 11.5. The largest absolute Gasteiger partial charge is 0.497 e. The fourth-order valence-electron chi connectivity index (χ4n) is 0.749. The molecular formula is C7H8Cl2OSi. The highest BCUT2D eigenvalue weighted by Crippen LogP contribution is 2.07. The summed E-state index contributed by atoms with van der Waals surface area (Å²) < 4.78 is 4.98. The second kappa shape index (κ2) is 4.00. The van der Waals surface area contributed by atoms with Crippen LogP contribution >= 0.6 is 22.2 Å². The smallest absolute Gasteiger partial charge is 0.266 e. The van der Waals surface area contributed by atoms with E-state index in [0.717, 1.165) is 10.9 Å². The third kappa shape index (κ3) is 2.40. The standard InChI is InChI=1S/C7H8Cl2OSi/c1-10-6-2-4-7(5-3-6)11(8)9/h2-5,11H,1H3. The molecule has 0 saturated carbocycles. The van der Waals surface area contributed by atoms with E-state index in [2.05, 4.69) is 0 Å². The van der Waals surface area contributed by atoms with Crippen molar-refractivity contribution < 1.29 is 4.74 Å². The van der Waals surface area contributed by atoms with Gasteiger partial charge in [-0.2, -0.15) is 0 Å². The lowest BCUT2D eigenvalue weighted by atomic mass is 10.3. The molecule has 0 aromatic heterocycles. The Kier molecular flexibility index (Phi) is 3.24. The van der Waals surface area contributed by atoms with Gasteiger partial charge in [-0.3, -0.25) is 0 Å². The van der Waals surface area contributed by atoms with Crippen LogP contribution in [0.25, 0.3) is 0 Å². The first-order chi connectivity index (χ1) is 5.24. The Morgan fingerprint density at radius 1 is 1.18 bits per heavy atom. The summed E-state index contributed by atoms with van der Waals surface area (Å²) in [6, 6.07) is 7.52. The third-order valence-corrected chi connectivity index (χ3v) is 3.77. The molecule has 1 nitrogen and oxygen atoms in total. The maximum atomic E-state index is 5.76. The lowest BCUT2D eigenvalue weighted by Crippen LogP contribution is -2.16. The maximum Gasteiger partial charge on any atom is 0.266 e. The average molecular weight is 207 g/mol. The molecule has 0 atom stereocenters. The second-order valence-electron chi connectivity index (χ2n) is 2.07.